The van der Waals surface area contributed by atoms with Gasteiger partial charge in [-0.15, -0.1) is 0 Å². The summed E-state index contributed by atoms with van der Waals surface area (Å²) in [6.07, 6.45) is -1.83. The minimum atomic E-state index is -1.83. The van der Waals surface area contributed by atoms with Gasteiger partial charge < -0.3 is 10.2 Å². The van der Waals surface area contributed by atoms with Gasteiger partial charge in [0.05, 0.1) is 4.92 Å². The quantitative estimate of drug-likeness (QED) is 0.428. The predicted molar refractivity (Wildman–Crippen MR) is 32.5 cm³/mol. The smallest absolute Gasteiger partial charge is 0.450 e. The molecule has 2 N–H and O–H groups in total. The molecule has 10 heavy (non-hydrogen) atoms. The molecule has 0 aliphatic carbocycles. The molecule has 0 bridgehead atoms. The fourth-order valence-corrected chi connectivity index (χ4v) is 0. The monoisotopic (exact) mass is 149 g/mol. The van der Waals surface area contributed by atoms with E-state index in [1.165, 1.54) is 6.92 Å². The maximum atomic E-state index is 9.41. The van der Waals surface area contributed by atoms with Crippen LogP contribution < -0.4 is 0 Å². The van der Waals surface area contributed by atoms with Crippen molar-refractivity contribution in [2.75, 3.05) is 0 Å². The Balaban J connectivity index is 0. The van der Waals surface area contributed by atoms with Gasteiger partial charge in [0.15, 0.2) is 0 Å². The molecular formula is C4H7NO5. The number of hydrogen-bond acceptors (Lipinski definition) is 3. The highest BCUT2D eigenvalue weighted by molar-refractivity contribution is 5.53. The van der Waals surface area contributed by atoms with Gasteiger partial charge in [0.2, 0.25) is 5.70 Å². The third-order valence-corrected chi connectivity index (χ3v) is 0.312. The highest BCUT2D eigenvalue weighted by Crippen LogP contribution is 1.82. The third-order valence-electron chi connectivity index (χ3n) is 0.312. The van der Waals surface area contributed by atoms with Gasteiger partial charge in [0.1, 0.15) is 0 Å². The van der Waals surface area contributed by atoms with Crippen LogP contribution in [0.2, 0.25) is 0 Å². The van der Waals surface area contributed by atoms with E-state index in [0.29, 0.717) is 0 Å². The van der Waals surface area contributed by atoms with Gasteiger partial charge in [0.25, 0.3) is 0 Å². The van der Waals surface area contributed by atoms with Crippen LogP contribution in [-0.4, -0.2) is 21.3 Å². The molecule has 0 amide bonds. The largest absolute Gasteiger partial charge is 0.503 e. The molecule has 0 saturated carbocycles. The van der Waals surface area contributed by atoms with E-state index >= 15 is 0 Å². The SMILES string of the molecule is C=C(C)[N+](=O)[O-].O=C(O)O. The lowest BCUT2D eigenvalue weighted by molar-refractivity contribution is -0.423. The van der Waals surface area contributed by atoms with Crippen molar-refractivity contribution < 1.29 is 19.9 Å². The van der Waals surface area contributed by atoms with Crippen molar-refractivity contribution in [3.63, 3.8) is 0 Å². The summed E-state index contributed by atoms with van der Waals surface area (Å²) in [5, 5.41) is 23.3. The van der Waals surface area contributed by atoms with Crippen LogP contribution in [0.5, 0.6) is 0 Å². The Hall–Kier alpha value is -1.59. The molecule has 0 aromatic heterocycles. The number of allylic oxidation sites excluding steroid dienone is 1. The van der Waals surface area contributed by atoms with Crippen molar-refractivity contribution in [1.82, 2.24) is 0 Å². The van der Waals surface area contributed by atoms with Crippen molar-refractivity contribution in [2.24, 2.45) is 0 Å². The van der Waals surface area contributed by atoms with Crippen LogP contribution in [-0.2, 0) is 0 Å². The Kier molecular flexibility index (Phi) is 6.23. The van der Waals surface area contributed by atoms with Gasteiger partial charge in [-0.05, 0) is 6.58 Å². The molecule has 0 heterocycles. The van der Waals surface area contributed by atoms with Gasteiger partial charge >= 0.3 is 6.16 Å². The Morgan fingerprint density at radius 3 is 1.70 bits per heavy atom. The molecule has 0 spiro atoms. The molecule has 0 aromatic carbocycles. The number of nitro groups is 1. The van der Waals surface area contributed by atoms with E-state index in [-0.39, 0.29) is 5.70 Å². The second-order valence-electron chi connectivity index (χ2n) is 1.27. The minimum Gasteiger partial charge on any atom is -0.450 e. The molecule has 0 aromatic rings. The summed E-state index contributed by atoms with van der Waals surface area (Å²) in [5.74, 6) is 0. The normalized spacial score (nSPS) is 6.90. The molecule has 0 saturated heterocycles. The minimum absolute atomic E-state index is 0.0185. The van der Waals surface area contributed by atoms with Crippen molar-refractivity contribution in [3.05, 3.63) is 22.4 Å². The summed E-state index contributed by atoms with van der Waals surface area (Å²) in [6.45, 7) is 4.40. The first-order valence-corrected chi connectivity index (χ1v) is 2.09. The Morgan fingerprint density at radius 1 is 1.60 bits per heavy atom. The first-order valence-electron chi connectivity index (χ1n) is 2.09. The number of carboxylic acid groups (broad SMARTS) is 2. The highest BCUT2D eigenvalue weighted by Gasteiger charge is 1.90. The zero-order valence-electron chi connectivity index (χ0n) is 5.27. The molecule has 0 rings (SSSR count). The van der Waals surface area contributed by atoms with Crippen LogP contribution in [0.4, 0.5) is 4.79 Å². The molecule has 0 atom stereocenters. The summed E-state index contributed by atoms with van der Waals surface area (Å²) in [5.41, 5.74) is -0.0185. The van der Waals surface area contributed by atoms with Gasteiger partial charge in [-0.2, -0.15) is 0 Å². The fraction of sp³-hybridized carbons (Fsp3) is 0.250. The molecule has 0 radical (unpaired) electrons. The van der Waals surface area contributed by atoms with Gasteiger partial charge in [-0.3, -0.25) is 10.1 Å². The number of nitrogens with zero attached hydrogens (tertiary/aromatic N) is 1. The van der Waals surface area contributed by atoms with Crippen LogP contribution in [0.1, 0.15) is 6.92 Å². The summed E-state index contributed by atoms with van der Waals surface area (Å²) >= 11 is 0. The molecule has 6 nitrogen and oxygen atoms in total. The van der Waals surface area contributed by atoms with Crippen LogP contribution in [0.15, 0.2) is 12.3 Å². The highest BCUT2D eigenvalue weighted by atomic mass is 16.6. The Labute approximate surface area is 56.6 Å². The van der Waals surface area contributed by atoms with E-state index < -0.39 is 11.1 Å². The van der Waals surface area contributed by atoms with E-state index in [2.05, 4.69) is 6.58 Å². The van der Waals surface area contributed by atoms with Crippen LogP contribution in [0.25, 0.3) is 0 Å². The topological polar surface area (TPSA) is 101 Å². The summed E-state index contributed by atoms with van der Waals surface area (Å²) in [6, 6.07) is 0. The van der Waals surface area contributed by atoms with Crippen molar-refractivity contribution in [1.29, 1.82) is 0 Å². The van der Waals surface area contributed by atoms with Gasteiger partial charge in [0, 0.05) is 6.92 Å². The molecule has 0 unspecified atom stereocenters. The second-order valence-corrected chi connectivity index (χ2v) is 1.27. The van der Waals surface area contributed by atoms with Crippen LogP contribution in [0, 0.1) is 10.1 Å². The van der Waals surface area contributed by atoms with E-state index in [9.17, 15) is 10.1 Å². The molecular weight excluding hydrogens is 142 g/mol. The molecule has 6 heteroatoms. The maximum Gasteiger partial charge on any atom is 0.503 e. The van der Waals surface area contributed by atoms with Crippen molar-refractivity contribution >= 4 is 6.16 Å². The summed E-state index contributed by atoms with van der Waals surface area (Å²) < 4.78 is 0. The predicted octanol–water partition coefficient (Wildman–Crippen LogP) is 1.02. The second kappa shape index (κ2) is 5.54. The molecule has 0 fully saturated rings. The molecule has 58 valence electrons. The zero-order valence-corrected chi connectivity index (χ0v) is 5.27. The molecule has 0 aliphatic rings. The first-order chi connectivity index (χ1) is 4.37. The Morgan fingerprint density at radius 2 is 1.70 bits per heavy atom. The molecule has 0 aliphatic heterocycles. The van der Waals surface area contributed by atoms with Crippen molar-refractivity contribution in [2.45, 2.75) is 6.92 Å². The van der Waals surface area contributed by atoms with Crippen LogP contribution in [0.3, 0.4) is 0 Å². The fourth-order valence-electron chi connectivity index (χ4n) is 0. The average Bonchev–Trinajstić information content (AvgIpc) is 1.63. The van der Waals surface area contributed by atoms with Gasteiger partial charge in [-0.1, -0.05) is 0 Å². The summed E-state index contributed by atoms with van der Waals surface area (Å²) in [7, 11) is 0. The summed E-state index contributed by atoms with van der Waals surface area (Å²) in [4.78, 5) is 17.4. The number of hydrogen-bond donors (Lipinski definition) is 2. The van der Waals surface area contributed by atoms with Gasteiger partial charge in [-0.25, -0.2) is 4.79 Å². The lowest BCUT2D eigenvalue weighted by Crippen LogP contribution is -1.89. The standard InChI is InChI=1S/C3H5NO2.CH2O3/c1-3(2)4(5)6;2-1(3)4/h1H2,2H3;(H2,2,3,4). The third kappa shape index (κ3) is 32.3. The van der Waals surface area contributed by atoms with Crippen LogP contribution >= 0.6 is 0 Å². The lowest BCUT2D eigenvalue weighted by Gasteiger charge is -1.78. The van der Waals surface area contributed by atoms with Crippen molar-refractivity contribution in [3.8, 4) is 0 Å². The van der Waals surface area contributed by atoms with E-state index in [1.807, 2.05) is 0 Å². The first kappa shape index (κ1) is 11.2. The van der Waals surface area contributed by atoms with E-state index in [4.69, 9.17) is 15.0 Å². The number of rotatable bonds is 1. The maximum absolute atomic E-state index is 9.41. The van der Waals surface area contributed by atoms with E-state index in [1.54, 1.807) is 0 Å². The van der Waals surface area contributed by atoms with E-state index in [0.717, 1.165) is 0 Å². The Bertz CT molecular complexity index is 136. The lowest BCUT2D eigenvalue weighted by atomic mass is 10.6. The average molecular weight is 149 g/mol. The number of carbonyl (C=O) groups is 1. The zero-order chi connectivity index (χ0) is 8.73.